The van der Waals surface area contributed by atoms with Gasteiger partial charge in [-0.05, 0) is 0 Å². The van der Waals surface area contributed by atoms with Gasteiger partial charge in [0.2, 0.25) is 0 Å². The van der Waals surface area contributed by atoms with Gasteiger partial charge in [-0.1, -0.05) is 13.1 Å². The van der Waals surface area contributed by atoms with E-state index in [-0.39, 0.29) is 49.4 Å². The minimum absolute atomic E-state index is 0. The molecule has 3 heteroatoms. The van der Waals surface area contributed by atoms with Gasteiger partial charge in [0.15, 0.2) is 0 Å². The standard InChI is InChI=1S/C3H5N2.Eu/c1-2-5-3-4-1;/h3H,1-2H2;/q-1;. The predicted octanol–water partition coefficient (Wildman–Crippen LogP) is 0.402. The summed E-state index contributed by atoms with van der Waals surface area (Å²) in [4.78, 5) is 3.79. The van der Waals surface area contributed by atoms with Gasteiger partial charge >= 0.3 is 0 Å². The minimum Gasteiger partial charge on any atom is -0.472 e. The van der Waals surface area contributed by atoms with Crippen LogP contribution in [0, 0.1) is 49.4 Å². The average Bonchev–Trinajstić information content (AvgIpc) is 1.76. The summed E-state index contributed by atoms with van der Waals surface area (Å²) in [5.74, 6) is 0. The summed E-state index contributed by atoms with van der Waals surface area (Å²) >= 11 is 0. The minimum atomic E-state index is 0. The molecule has 1 radical (unpaired) electrons. The molecule has 0 aliphatic carbocycles. The second-order valence-corrected chi connectivity index (χ2v) is 0.928. The van der Waals surface area contributed by atoms with Crippen molar-refractivity contribution >= 4 is 6.34 Å². The smallest absolute Gasteiger partial charge is 0 e. The third kappa shape index (κ3) is 2.27. The first-order chi connectivity index (χ1) is 2.50. The molecule has 0 saturated carbocycles. The van der Waals surface area contributed by atoms with Gasteiger partial charge in [0.1, 0.15) is 0 Å². The summed E-state index contributed by atoms with van der Waals surface area (Å²) in [7, 11) is 0. The van der Waals surface area contributed by atoms with Crippen LogP contribution in [0.15, 0.2) is 4.99 Å². The van der Waals surface area contributed by atoms with E-state index < -0.39 is 0 Å². The third-order valence-electron chi connectivity index (χ3n) is 0.521. The molecular formula is C3H5EuN2-. The molecule has 0 aromatic heterocycles. The Balaban J connectivity index is 0.000000250. The van der Waals surface area contributed by atoms with Crippen LogP contribution in [-0.4, -0.2) is 19.4 Å². The summed E-state index contributed by atoms with van der Waals surface area (Å²) in [6.07, 6.45) is 1.61. The van der Waals surface area contributed by atoms with Crippen LogP contribution in [0.4, 0.5) is 0 Å². The number of rotatable bonds is 0. The fraction of sp³-hybridized carbons (Fsp3) is 0.667. The largest absolute Gasteiger partial charge is 0.472 e. The molecule has 35 valence electrons. The number of aliphatic imine (C=N–C) groups is 1. The van der Waals surface area contributed by atoms with Crippen molar-refractivity contribution in [3.05, 3.63) is 5.32 Å². The van der Waals surface area contributed by atoms with Crippen LogP contribution in [0.1, 0.15) is 0 Å². The second-order valence-electron chi connectivity index (χ2n) is 0.928. The molecule has 0 fully saturated rings. The van der Waals surface area contributed by atoms with Crippen molar-refractivity contribution < 1.29 is 49.4 Å². The molecule has 1 rings (SSSR count). The van der Waals surface area contributed by atoms with E-state index in [1.165, 1.54) is 0 Å². The molecule has 1 heterocycles. The van der Waals surface area contributed by atoms with E-state index in [2.05, 4.69) is 10.3 Å². The van der Waals surface area contributed by atoms with Crippen molar-refractivity contribution in [3.8, 4) is 0 Å². The van der Waals surface area contributed by atoms with Crippen LogP contribution in [0.25, 0.3) is 5.32 Å². The topological polar surface area (TPSA) is 26.5 Å². The van der Waals surface area contributed by atoms with E-state index in [0.29, 0.717) is 0 Å². The SMILES string of the molecule is C1=NCC[N-]1.[Eu]. The van der Waals surface area contributed by atoms with Gasteiger partial charge < -0.3 is 10.3 Å². The Hall–Kier alpha value is 1.05. The van der Waals surface area contributed by atoms with E-state index in [1.54, 1.807) is 6.34 Å². The Morgan fingerprint density at radius 1 is 1.67 bits per heavy atom. The van der Waals surface area contributed by atoms with Gasteiger partial charge in [0, 0.05) is 49.4 Å². The van der Waals surface area contributed by atoms with Crippen LogP contribution < -0.4 is 0 Å². The van der Waals surface area contributed by atoms with Crippen molar-refractivity contribution in [2.24, 2.45) is 4.99 Å². The summed E-state index contributed by atoms with van der Waals surface area (Å²) in [5.41, 5.74) is 0. The molecule has 0 aromatic rings. The molecule has 0 N–H and O–H groups in total. The molecular weight excluding hydrogens is 216 g/mol. The zero-order valence-electron chi connectivity index (χ0n) is 3.26. The van der Waals surface area contributed by atoms with Gasteiger partial charge in [0.25, 0.3) is 0 Å². The van der Waals surface area contributed by atoms with E-state index >= 15 is 0 Å². The summed E-state index contributed by atoms with van der Waals surface area (Å²) < 4.78 is 0. The maximum absolute atomic E-state index is 3.79. The van der Waals surface area contributed by atoms with Crippen molar-refractivity contribution in [1.29, 1.82) is 0 Å². The molecule has 6 heavy (non-hydrogen) atoms. The normalized spacial score (nSPS) is 16.0. The Bertz CT molecular complexity index is 46.8. The number of hydrogen-bond donors (Lipinski definition) is 0. The first-order valence-electron chi connectivity index (χ1n) is 1.65. The van der Waals surface area contributed by atoms with Gasteiger partial charge in [-0.2, -0.15) is 0 Å². The van der Waals surface area contributed by atoms with Crippen LogP contribution in [0.5, 0.6) is 0 Å². The van der Waals surface area contributed by atoms with Gasteiger partial charge in [-0.3, -0.25) is 0 Å². The number of hydrogen-bond acceptors (Lipinski definition) is 1. The quantitative estimate of drug-likeness (QED) is 0.566. The molecule has 1 aliphatic heterocycles. The molecule has 1 aliphatic rings. The molecule has 0 amide bonds. The van der Waals surface area contributed by atoms with E-state index in [0.717, 1.165) is 13.1 Å². The van der Waals surface area contributed by atoms with Crippen LogP contribution in [-0.2, 0) is 0 Å². The predicted molar refractivity (Wildman–Crippen MR) is 21.6 cm³/mol. The van der Waals surface area contributed by atoms with Crippen LogP contribution in [0.2, 0.25) is 0 Å². The van der Waals surface area contributed by atoms with Crippen LogP contribution in [0.3, 0.4) is 0 Å². The van der Waals surface area contributed by atoms with Crippen molar-refractivity contribution in [2.45, 2.75) is 0 Å². The molecule has 0 aromatic carbocycles. The van der Waals surface area contributed by atoms with Gasteiger partial charge in [-0.25, -0.2) is 0 Å². The molecule has 2 nitrogen and oxygen atoms in total. The van der Waals surface area contributed by atoms with E-state index in [4.69, 9.17) is 0 Å². The Morgan fingerprint density at radius 3 is 2.67 bits per heavy atom. The second kappa shape index (κ2) is 4.22. The Morgan fingerprint density at radius 2 is 2.50 bits per heavy atom. The summed E-state index contributed by atoms with van der Waals surface area (Å²) in [5, 5.41) is 3.79. The van der Waals surface area contributed by atoms with E-state index in [9.17, 15) is 0 Å². The van der Waals surface area contributed by atoms with E-state index in [1.807, 2.05) is 0 Å². The fourth-order valence-electron chi connectivity index (χ4n) is 0.289. The Labute approximate surface area is 77.9 Å². The molecule has 0 bridgehead atoms. The third-order valence-corrected chi connectivity index (χ3v) is 0.521. The van der Waals surface area contributed by atoms with Gasteiger partial charge in [0.05, 0.1) is 0 Å². The summed E-state index contributed by atoms with van der Waals surface area (Å²) in [6.45, 7) is 1.81. The van der Waals surface area contributed by atoms with Crippen molar-refractivity contribution in [1.82, 2.24) is 0 Å². The van der Waals surface area contributed by atoms with Gasteiger partial charge in [-0.15, -0.1) is 6.34 Å². The zero-order chi connectivity index (χ0) is 3.54. The molecule has 0 saturated heterocycles. The first kappa shape index (κ1) is 7.05. The fourth-order valence-corrected chi connectivity index (χ4v) is 0.289. The number of nitrogens with zero attached hydrogens (tertiary/aromatic N) is 2. The monoisotopic (exact) mass is 222 g/mol. The molecule has 0 unspecified atom stereocenters. The zero-order valence-corrected chi connectivity index (χ0v) is 5.69. The average molecular weight is 221 g/mol. The molecule has 0 atom stereocenters. The van der Waals surface area contributed by atoms with Crippen molar-refractivity contribution in [2.75, 3.05) is 13.1 Å². The maximum atomic E-state index is 3.79. The first-order valence-corrected chi connectivity index (χ1v) is 1.65. The summed E-state index contributed by atoms with van der Waals surface area (Å²) in [6, 6.07) is 0. The molecule has 0 spiro atoms. The Kier molecular flexibility index (Phi) is 4.96. The van der Waals surface area contributed by atoms with Crippen molar-refractivity contribution in [3.63, 3.8) is 0 Å². The maximum Gasteiger partial charge on any atom is 0 e. The van der Waals surface area contributed by atoms with Crippen LogP contribution >= 0.6 is 0 Å².